The molecule has 2 aliphatic rings. The maximum Gasteiger partial charge on any atom is 0.240 e. The van der Waals surface area contributed by atoms with Crippen LogP contribution in [0.2, 0.25) is 0 Å². The Bertz CT molecular complexity index is 809. The highest BCUT2D eigenvalue weighted by Gasteiger charge is 2.27. The molecule has 0 spiro atoms. The van der Waals surface area contributed by atoms with Gasteiger partial charge in [-0.25, -0.2) is 4.39 Å². The monoisotopic (exact) mass is 386 g/mol. The molecule has 7 heteroatoms. The zero-order valence-corrected chi connectivity index (χ0v) is 16.1. The molecule has 1 amide bonds. The van der Waals surface area contributed by atoms with Gasteiger partial charge in [0, 0.05) is 32.0 Å². The molecule has 0 radical (unpaired) electrons. The van der Waals surface area contributed by atoms with E-state index in [9.17, 15) is 9.18 Å². The smallest absolute Gasteiger partial charge is 0.240 e. The number of rotatable bonds is 7. The normalized spacial score (nSPS) is 20.8. The maximum absolute atomic E-state index is 13.3. The van der Waals surface area contributed by atoms with Crippen LogP contribution in [0.4, 0.5) is 4.39 Å². The summed E-state index contributed by atoms with van der Waals surface area (Å²) < 4.78 is 18.8. The summed E-state index contributed by atoms with van der Waals surface area (Å²) in [6.45, 7) is 3.39. The molecule has 0 N–H and O–H groups in total. The molecule has 28 heavy (non-hydrogen) atoms. The first kappa shape index (κ1) is 19.1. The molecule has 2 saturated heterocycles. The summed E-state index contributed by atoms with van der Waals surface area (Å²) in [6.07, 6.45) is 6.69. The number of halogens is 1. The first-order valence-electron chi connectivity index (χ1n) is 10.2. The number of nitrogens with zero attached hydrogens (tertiary/aromatic N) is 4. The lowest BCUT2D eigenvalue weighted by Crippen LogP contribution is -2.41. The van der Waals surface area contributed by atoms with Gasteiger partial charge in [-0.05, 0) is 49.9 Å². The Hall–Kier alpha value is -2.28. The molecule has 0 unspecified atom stereocenters. The topological polar surface area (TPSA) is 62.5 Å². The molecule has 0 aliphatic carbocycles. The second-order valence-corrected chi connectivity index (χ2v) is 7.80. The van der Waals surface area contributed by atoms with E-state index in [4.69, 9.17) is 4.52 Å². The van der Waals surface area contributed by atoms with E-state index in [0.717, 1.165) is 44.5 Å². The summed E-state index contributed by atoms with van der Waals surface area (Å²) in [4.78, 5) is 20.8. The average molecular weight is 386 g/mol. The Morgan fingerprint density at radius 3 is 2.96 bits per heavy atom. The number of hydrogen-bond acceptors (Lipinski definition) is 5. The van der Waals surface area contributed by atoms with Crippen LogP contribution < -0.4 is 0 Å². The third kappa shape index (κ3) is 4.76. The minimum atomic E-state index is -0.256. The summed E-state index contributed by atoms with van der Waals surface area (Å²) in [5, 5.41) is 4.06. The Kier molecular flexibility index (Phi) is 6.00. The number of carbonyl (C=O) groups excluding carboxylic acids is 1. The zero-order valence-electron chi connectivity index (χ0n) is 16.1. The molecule has 4 rings (SSSR count). The van der Waals surface area contributed by atoms with Gasteiger partial charge in [-0.2, -0.15) is 4.98 Å². The van der Waals surface area contributed by atoms with Gasteiger partial charge in [0.2, 0.25) is 11.8 Å². The molecule has 2 aliphatic heterocycles. The second kappa shape index (κ2) is 8.82. The van der Waals surface area contributed by atoms with Crippen molar-refractivity contribution in [1.29, 1.82) is 0 Å². The van der Waals surface area contributed by atoms with E-state index >= 15 is 0 Å². The van der Waals surface area contributed by atoms with Crippen molar-refractivity contribution in [2.45, 2.75) is 57.5 Å². The van der Waals surface area contributed by atoms with Crippen LogP contribution in [0, 0.1) is 5.82 Å². The van der Waals surface area contributed by atoms with Crippen molar-refractivity contribution in [3.05, 3.63) is 47.4 Å². The lowest BCUT2D eigenvalue weighted by molar-refractivity contribution is -0.127. The quantitative estimate of drug-likeness (QED) is 0.731. The Morgan fingerprint density at radius 1 is 1.21 bits per heavy atom. The fraction of sp³-hybridized carbons (Fsp3) is 0.571. The summed E-state index contributed by atoms with van der Waals surface area (Å²) in [6, 6.07) is 6.92. The summed E-state index contributed by atoms with van der Waals surface area (Å²) >= 11 is 0. The first-order chi connectivity index (χ1) is 13.7. The van der Waals surface area contributed by atoms with Crippen LogP contribution in [0.1, 0.15) is 55.8 Å². The lowest BCUT2D eigenvalue weighted by atomic mass is 9.99. The van der Waals surface area contributed by atoms with Gasteiger partial charge in [0.25, 0.3) is 0 Å². The van der Waals surface area contributed by atoms with Crippen LogP contribution in [0.15, 0.2) is 28.8 Å². The summed E-state index contributed by atoms with van der Waals surface area (Å²) in [7, 11) is 0. The minimum Gasteiger partial charge on any atom is -0.343 e. The first-order valence-corrected chi connectivity index (χ1v) is 10.2. The standard InChI is InChI=1S/C21H27FN4O2/c22-17-6-3-5-16(13-17)14-19-23-20(28-24-19)15-26-10-2-1-7-18(26)9-12-25-11-4-8-21(25)27/h3,5-6,13,18H,1-2,4,7-12,14-15H2/t18-/m0/s1. The van der Waals surface area contributed by atoms with Gasteiger partial charge in [-0.3, -0.25) is 9.69 Å². The molecule has 1 aromatic carbocycles. The molecule has 3 heterocycles. The molecule has 1 aromatic heterocycles. The van der Waals surface area contributed by atoms with Crippen molar-refractivity contribution < 1.29 is 13.7 Å². The molecule has 150 valence electrons. The van der Waals surface area contributed by atoms with Gasteiger partial charge in [0.15, 0.2) is 5.82 Å². The van der Waals surface area contributed by atoms with Crippen molar-refractivity contribution in [2.75, 3.05) is 19.6 Å². The van der Waals surface area contributed by atoms with Crippen molar-refractivity contribution in [3.8, 4) is 0 Å². The predicted octanol–water partition coefficient (Wildman–Crippen LogP) is 3.17. The fourth-order valence-electron chi connectivity index (χ4n) is 4.27. The summed E-state index contributed by atoms with van der Waals surface area (Å²) in [5.41, 5.74) is 0.832. The molecule has 0 bridgehead atoms. The number of aromatic nitrogens is 2. The maximum atomic E-state index is 13.3. The molecule has 2 aromatic rings. The van der Waals surface area contributed by atoms with Crippen LogP contribution in [0.5, 0.6) is 0 Å². The van der Waals surface area contributed by atoms with E-state index < -0.39 is 0 Å². The zero-order chi connectivity index (χ0) is 19.3. The third-order valence-electron chi connectivity index (χ3n) is 5.75. The van der Waals surface area contributed by atoms with Crippen LogP contribution >= 0.6 is 0 Å². The Labute approximate surface area is 164 Å². The van der Waals surface area contributed by atoms with Gasteiger partial charge in [0.05, 0.1) is 6.54 Å². The van der Waals surface area contributed by atoms with Crippen LogP contribution in [0.25, 0.3) is 0 Å². The predicted molar refractivity (Wildman–Crippen MR) is 102 cm³/mol. The largest absolute Gasteiger partial charge is 0.343 e. The van der Waals surface area contributed by atoms with Gasteiger partial charge >= 0.3 is 0 Å². The molecule has 2 fully saturated rings. The van der Waals surface area contributed by atoms with Gasteiger partial charge < -0.3 is 9.42 Å². The molecular formula is C21H27FN4O2. The Balaban J connectivity index is 1.34. The van der Waals surface area contributed by atoms with Crippen LogP contribution in [-0.2, 0) is 17.8 Å². The van der Waals surface area contributed by atoms with E-state index in [1.165, 1.54) is 25.0 Å². The average Bonchev–Trinajstić information content (AvgIpc) is 3.30. The van der Waals surface area contributed by atoms with Gasteiger partial charge in [-0.15, -0.1) is 0 Å². The fourth-order valence-corrected chi connectivity index (χ4v) is 4.27. The summed E-state index contributed by atoms with van der Waals surface area (Å²) in [5.74, 6) is 1.22. The minimum absolute atomic E-state index is 0.256. The third-order valence-corrected chi connectivity index (χ3v) is 5.75. The highest BCUT2D eigenvalue weighted by Crippen LogP contribution is 2.23. The van der Waals surface area contributed by atoms with Crippen LogP contribution in [0.3, 0.4) is 0 Å². The highest BCUT2D eigenvalue weighted by molar-refractivity contribution is 5.78. The number of carbonyl (C=O) groups is 1. The molecule has 1 atom stereocenters. The van der Waals surface area contributed by atoms with E-state index in [1.54, 1.807) is 6.07 Å². The van der Waals surface area contributed by atoms with Gasteiger partial charge in [-0.1, -0.05) is 23.7 Å². The van der Waals surface area contributed by atoms with Gasteiger partial charge in [0.1, 0.15) is 5.82 Å². The van der Waals surface area contributed by atoms with Crippen molar-refractivity contribution in [2.24, 2.45) is 0 Å². The number of hydrogen-bond donors (Lipinski definition) is 0. The van der Waals surface area contributed by atoms with Crippen molar-refractivity contribution in [1.82, 2.24) is 19.9 Å². The SMILES string of the molecule is O=C1CCCN1CC[C@@H]1CCCCN1Cc1nc(Cc2cccc(F)c2)no1. The Morgan fingerprint density at radius 2 is 2.14 bits per heavy atom. The second-order valence-electron chi connectivity index (χ2n) is 7.80. The van der Waals surface area contributed by atoms with Crippen molar-refractivity contribution >= 4 is 5.91 Å². The number of piperidine rings is 1. The number of benzene rings is 1. The van der Waals surface area contributed by atoms with E-state index in [2.05, 4.69) is 15.0 Å². The lowest BCUT2D eigenvalue weighted by Gasteiger charge is -2.35. The van der Waals surface area contributed by atoms with E-state index in [1.807, 2.05) is 11.0 Å². The molecule has 0 saturated carbocycles. The number of likely N-dealkylation sites (tertiary alicyclic amines) is 2. The van der Waals surface area contributed by atoms with Crippen LogP contribution in [-0.4, -0.2) is 51.5 Å². The van der Waals surface area contributed by atoms with E-state index in [0.29, 0.717) is 43.1 Å². The number of amides is 1. The van der Waals surface area contributed by atoms with Crippen molar-refractivity contribution in [3.63, 3.8) is 0 Å². The molecular weight excluding hydrogens is 359 g/mol. The van der Waals surface area contributed by atoms with E-state index in [-0.39, 0.29) is 5.82 Å². The molecule has 6 nitrogen and oxygen atoms in total. The highest BCUT2D eigenvalue weighted by atomic mass is 19.1.